The first-order valence-corrected chi connectivity index (χ1v) is 8.33. The quantitative estimate of drug-likeness (QED) is 0.525. The maximum absolute atomic E-state index is 12.5. The van der Waals surface area contributed by atoms with Gasteiger partial charge in [0.2, 0.25) is 11.8 Å². The Balaban J connectivity index is 1.83. The molecule has 1 aliphatic rings. The van der Waals surface area contributed by atoms with Crippen LogP contribution in [-0.2, 0) is 16.1 Å². The second-order valence-electron chi connectivity index (χ2n) is 6.49. The van der Waals surface area contributed by atoms with E-state index in [2.05, 4.69) is 15.5 Å². The van der Waals surface area contributed by atoms with Gasteiger partial charge in [0.25, 0.3) is 0 Å². The van der Waals surface area contributed by atoms with Crippen molar-refractivity contribution < 1.29 is 14.3 Å². The monoisotopic (exact) mass is 333 g/mol. The molecule has 0 unspecified atom stereocenters. The Bertz CT molecular complexity index is 583. The zero-order valence-corrected chi connectivity index (χ0v) is 14.7. The van der Waals surface area contributed by atoms with Crippen LogP contribution in [0.3, 0.4) is 0 Å². The molecule has 6 nitrogen and oxygen atoms in total. The smallest absolute Gasteiger partial charge is 0.235 e. The molecule has 6 heteroatoms. The molecule has 0 heterocycles. The molecule has 1 saturated carbocycles. The second kappa shape index (κ2) is 8.15. The summed E-state index contributed by atoms with van der Waals surface area (Å²) in [7, 11) is 5.59. The highest BCUT2D eigenvalue weighted by Crippen LogP contribution is 2.46. The first-order chi connectivity index (χ1) is 11.5. The van der Waals surface area contributed by atoms with Crippen molar-refractivity contribution in [1.29, 1.82) is 0 Å². The first-order valence-electron chi connectivity index (χ1n) is 8.33. The van der Waals surface area contributed by atoms with E-state index in [-0.39, 0.29) is 11.8 Å². The van der Waals surface area contributed by atoms with Crippen LogP contribution < -0.4 is 15.4 Å². The van der Waals surface area contributed by atoms with Crippen molar-refractivity contribution in [3.05, 3.63) is 29.8 Å². The summed E-state index contributed by atoms with van der Waals surface area (Å²) >= 11 is 0. The molecule has 0 atom stereocenters. The molecule has 1 aromatic carbocycles. The molecule has 0 spiro atoms. The third-order valence-corrected chi connectivity index (χ3v) is 4.32. The van der Waals surface area contributed by atoms with Crippen molar-refractivity contribution in [3.8, 4) is 5.75 Å². The lowest BCUT2D eigenvalue weighted by atomic mass is 10.0. The lowest BCUT2D eigenvalue weighted by Gasteiger charge is -2.17. The molecule has 2 N–H and O–H groups in total. The van der Waals surface area contributed by atoms with Crippen LogP contribution in [-0.4, -0.2) is 51.0 Å². The summed E-state index contributed by atoms with van der Waals surface area (Å²) in [6, 6.07) is 7.54. The Morgan fingerprint density at radius 2 is 1.83 bits per heavy atom. The highest BCUT2D eigenvalue weighted by Gasteiger charge is 2.56. The number of nitrogens with zero attached hydrogens (tertiary/aromatic N) is 1. The van der Waals surface area contributed by atoms with Gasteiger partial charge in [0.1, 0.15) is 11.2 Å². The Morgan fingerprint density at radius 3 is 2.46 bits per heavy atom. The lowest BCUT2D eigenvalue weighted by Crippen LogP contribution is -2.43. The molecule has 1 fully saturated rings. The minimum absolute atomic E-state index is 0.154. The zero-order chi connectivity index (χ0) is 17.6. The van der Waals surface area contributed by atoms with Crippen LogP contribution in [0.2, 0.25) is 0 Å². The number of carbonyl (C=O) groups is 2. The Hall–Kier alpha value is -2.08. The van der Waals surface area contributed by atoms with Crippen LogP contribution in [0, 0.1) is 5.41 Å². The van der Waals surface area contributed by atoms with Gasteiger partial charge in [-0.15, -0.1) is 0 Å². The van der Waals surface area contributed by atoms with Crippen LogP contribution in [0.25, 0.3) is 0 Å². The van der Waals surface area contributed by atoms with E-state index >= 15 is 0 Å². The van der Waals surface area contributed by atoms with Crippen LogP contribution in [0.1, 0.15) is 24.8 Å². The van der Waals surface area contributed by atoms with E-state index in [9.17, 15) is 9.59 Å². The lowest BCUT2D eigenvalue weighted by molar-refractivity contribution is -0.137. The van der Waals surface area contributed by atoms with Gasteiger partial charge >= 0.3 is 0 Å². The SMILES string of the molecule is COc1ccccc1CNC(=O)C1(C(=O)NCCCN(C)C)CC1. The molecule has 2 rings (SSSR count). The molecule has 0 aliphatic heterocycles. The number of benzene rings is 1. The van der Waals surface area contributed by atoms with Crippen molar-refractivity contribution in [2.24, 2.45) is 5.41 Å². The van der Waals surface area contributed by atoms with E-state index in [1.165, 1.54) is 0 Å². The number of hydrogen-bond acceptors (Lipinski definition) is 4. The van der Waals surface area contributed by atoms with Gasteiger partial charge in [-0.25, -0.2) is 0 Å². The van der Waals surface area contributed by atoms with Crippen molar-refractivity contribution in [3.63, 3.8) is 0 Å². The van der Waals surface area contributed by atoms with E-state index in [4.69, 9.17) is 4.74 Å². The van der Waals surface area contributed by atoms with E-state index in [1.54, 1.807) is 7.11 Å². The van der Waals surface area contributed by atoms with E-state index in [0.29, 0.717) is 25.9 Å². The molecule has 132 valence electrons. The van der Waals surface area contributed by atoms with Gasteiger partial charge in [-0.05, 0) is 46.0 Å². The maximum atomic E-state index is 12.5. The topological polar surface area (TPSA) is 70.7 Å². The summed E-state index contributed by atoms with van der Waals surface area (Å²) in [5.74, 6) is 0.382. The van der Waals surface area contributed by atoms with Crippen molar-refractivity contribution >= 4 is 11.8 Å². The van der Waals surface area contributed by atoms with Crippen molar-refractivity contribution in [2.75, 3.05) is 34.3 Å². The third kappa shape index (κ3) is 4.47. The van der Waals surface area contributed by atoms with Crippen molar-refractivity contribution in [2.45, 2.75) is 25.8 Å². The Kier molecular flexibility index (Phi) is 6.20. The average molecular weight is 333 g/mol. The van der Waals surface area contributed by atoms with Gasteiger partial charge < -0.3 is 20.3 Å². The van der Waals surface area contributed by atoms with Crippen LogP contribution in [0.5, 0.6) is 5.75 Å². The van der Waals surface area contributed by atoms with Crippen LogP contribution in [0.15, 0.2) is 24.3 Å². The average Bonchev–Trinajstić information content (AvgIpc) is 3.38. The number of methoxy groups -OCH3 is 1. The Labute approximate surface area is 143 Å². The predicted molar refractivity (Wildman–Crippen MR) is 92.7 cm³/mol. The molecular weight excluding hydrogens is 306 g/mol. The highest BCUT2D eigenvalue weighted by atomic mass is 16.5. The first kappa shape index (κ1) is 18.3. The normalized spacial score (nSPS) is 15.0. The van der Waals surface area contributed by atoms with Gasteiger partial charge in [-0.1, -0.05) is 18.2 Å². The maximum Gasteiger partial charge on any atom is 0.235 e. The van der Waals surface area contributed by atoms with E-state index < -0.39 is 5.41 Å². The summed E-state index contributed by atoms with van der Waals surface area (Å²) in [6.07, 6.45) is 2.10. The molecule has 0 bridgehead atoms. The van der Waals surface area contributed by atoms with Gasteiger partial charge in [-0.3, -0.25) is 9.59 Å². The summed E-state index contributed by atoms with van der Waals surface area (Å²) in [5.41, 5.74) is 0.0238. The number of para-hydroxylation sites is 1. The number of rotatable bonds is 9. The summed E-state index contributed by atoms with van der Waals surface area (Å²) < 4.78 is 5.28. The number of amides is 2. The standard InChI is InChI=1S/C18H27N3O3/c1-21(2)12-6-11-19-16(22)18(9-10-18)17(23)20-13-14-7-4-5-8-15(14)24-3/h4-5,7-8H,6,9-13H2,1-3H3,(H,19,22)(H,20,23). The van der Waals surface area contributed by atoms with Gasteiger partial charge in [0.05, 0.1) is 7.11 Å². The molecular formula is C18H27N3O3. The second-order valence-corrected chi connectivity index (χ2v) is 6.49. The largest absolute Gasteiger partial charge is 0.496 e. The number of hydrogen-bond donors (Lipinski definition) is 2. The summed E-state index contributed by atoms with van der Waals surface area (Å²) in [4.78, 5) is 26.9. The molecule has 24 heavy (non-hydrogen) atoms. The van der Waals surface area contributed by atoms with E-state index in [1.807, 2.05) is 38.4 Å². The minimum Gasteiger partial charge on any atom is -0.496 e. The summed E-state index contributed by atoms with van der Waals surface area (Å²) in [6.45, 7) is 1.87. The molecule has 1 aromatic rings. The zero-order valence-electron chi connectivity index (χ0n) is 14.7. The van der Waals surface area contributed by atoms with Crippen molar-refractivity contribution in [1.82, 2.24) is 15.5 Å². The fourth-order valence-electron chi connectivity index (χ4n) is 2.64. The van der Waals surface area contributed by atoms with Gasteiger partial charge in [-0.2, -0.15) is 0 Å². The highest BCUT2D eigenvalue weighted by molar-refractivity contribution is 6.07. The summed E-state index contributed by atoms with van der Waals surface area (Å²) in [5, 5.41) is 5.77. The molecule has 0 aromatic heterocycles. The molecule has 0 saturated heterocycles. The third-order valence-electron chi connectivity index (χ3n) is 4.32. The molecule has 2 amide bonds. The number of nitrogens with one attached hydrogen (secondary N) is 2. The fourth-order valence-corrected chi connectivity index (χ4v) is 2.64. The number of ether oxygens (including phenoxy) is 1. The molecule has 1 aliphatic carbocycles. The predicted octanol–water partition coefficient (Wildman–Crippen LogP) is 1.16. The Morgan fingerprint density at radius 1 is 1.17 bits per heavy atom. The number of carbonyl (C=O) groups excluding carboxylic acids is 2. The van der Waals surface area contributed by atoms with Gasteiger partial charge in [0, 0.05) is 18.7 Å². The molecule has 0 radical (unpaired) electrons. The van der Waals surface area contributed by atoms with Gasteiger partial charge in [0.15, 0.2) is 0 Å². The van der Waals surface area contributed by atoms with Crippen LogP contribution in [0.4, 0.5) is 0 Å². The van der Waals surface area contributed by atoms with E-state index in [0.717, 1.165) is 24.3 Å². The van der Waals surface area contributed by atoms with Crippen LogP contribution >= 0.6 is 0 Å². The fraction of sp³-hybridized carbons (Fsp3) is 0.556. The minimum atomic E-state index is -0.875.